The first kappa shape index (κ1) is 10.5. The molecule has 1 atom stereocenters. The van der Waals surface area contributed by atoms with E-state index in [0.717, 1.165) is 37.1 Å². The van der Waals surface area contributed by atoms with E-state index in [0.29, 0.717) is 11.5 Å². The minimum atomic E-state index is 0.452. The van der Waals surface area contributed by atoms with E-state index in [2.05, 4.69) is 10.3 Å². The van der Waals surface area contributed by atoms with Crippen molar-refractivity contribution in [2.24, 2.45) is 0 Å². The van der Waals surface area contributed by atoms with Gasteiger partial charge in [0.05, 0.1) is 11.7 Å². The summed E-state index contributed by atoms with van der Waals surface area (Å²) in [7, 11) is 0. The van der Waals surface area contributed by atoms with Gasteiger partial charge in [-0.3, -0.25) is 4.79 Å². The van der Waals surface area contributed by atoms with Gasteiger partial charge in [0.1, 0.15) is 5.82 Å². The van der Waals surface area contributed by atoms with Gasteiger partial charge in [-0.1, -0.05) is 0 Å². The average Bonchev–Trinajstić information content (AvgIpc) is 2.83. The molecule has 0 aliphatic carbocycles. The lowest BCUT2D eigenvalue weighted by Gasteiger charge is -2.21. The monoisotopic (exact) mass is 229 g/mol. The topological polar surface area (TPSA) is 46.4 Å². The predicted molar refractivity (Wildman–Crippen MR) is 65.4 cm³/mol. The molecule has 2 aromatic rings. The van der Waals surface area contributed by atoms with Gasteiger partial charge in [-0.15, -0.1) is 0 Å². The molecule has 3 heterocycles. The molecule has 1 N–H and O–H groups in total. The molecule has 0 bridgehead atoms. The van der Waals surface area contributed by atoms with Crippen LogP contribution in [0.25, 0.3) is 5.52 Å². The molecular formula is C13H15N3O. The molecule has 4 nitrogen and oxygen atoms in total. The molecule has 17 heavy (non-hydrogen) atoms. The van der Waals surface area contributed by atoms with Gasteiger partial charge in [-0.2, -0.15) is 0 Å². The third-order valence-electron chi connectivity index (χ3n) is 3.42. The molecule has 1 unspecified atom stereocenters. The van der Waals surface area contributed by atoms with Crippen LogP contribution in [0.2, 0.25) is 0 Å². The minimum Gasteiger partial charge on any atom is -0.316 e. The van der Waals surface area contributed by atoms with Gasteiger partial charge < -0.3 is 9.72 Å². The summed E-state index contributed by atoms with van der Waals surface area (Å²) in [5.74, 6) is 1.52. The number of pyridine rings is 1. The standard InChI is InChI=1S/C13H15N3O/c17-9-11-4-2-6-16-12(11)8-15-13(16)10-3-1-5-14-7-10/h2,4,6,8-10,14H,1,3,5,7H2. The zero-order valence-electron chi connectivity index (χ0n) is 9.60. The molecule has 1 fully saturated rings. The zero-order chi connectivity index (χ0) is 11.7. The fourth-order valence-corrected chi connectivity index (χ4v) is 2.54. The Labute approximate surface area is 99.7 Å². The summed E-state index contributed by atoms with van der Waals surface area (Å²) in [4.78, 5) is 15.4. The molecule has 0 spiro atoms. The van der Waals surface area contributed by atoms with Gasteiger partial charge in [0.15, 0.2) is 6.29 Å². The summed E-state index contributed by atoms with van der Waals surface area (Å²) >= 11 is 0. The van der Waals surface area contributed by atoms with E-state index in [4.69, 9.17) is 0 Å². The number of aromatic nitrogens is 2. The maximum absolute atomic E-state index is 11.0. The number of piperidine rings is 1. The number of hydrogen-bond acceptors (Lipinski definition) is 3. The molecule has 4 heteroatoms. The van der Waals surface area contributed by atoms with Gasteiger partial charge in [-0.25, -0.2) is 4.98 Å². The van der Waals surface area contributed by atoms with Crippen molar-refractivity contribution >= 4 is 11.8 Å². The van der Waals surface area contributed by atoms with Crippen molar-refractivity contribution in [3.8, 4) is 0 Å². The van der Waals surface area contributed by atoms with Crippen LogP contribution in [0.15, 0.2) is 24.5 Å². The van der Waals surface area contributed by atoms with Crippen LogP contribution in [0, 0.1) is 0 Å². The summed E-state index contributed by atoms with van der Waals surface area (Å²) in [5, 5.41) is 3.39. The molecule has 1 saturated heterocycles. The molecule has 1 aliphatic heterocycles. The van der Waals surface area contributed by atoms with Crippen molar-refractivity contribution in [1.29, 1.82) is 0 Å². The van der Waals surface area contributed by atoms with E-state index < -0.39 is 0 Å². The number of aldehydes is 1. The largest absolute Gasteiger partial charge is 0.316 e. The Hall–Kier alpha value is -1.68. The fraction of sp³-hybridized carbons (Fsp3) is 0.385. The molecule has 0 radical (unpaired) electrons. The number of rotatable bonds is 2. The summed E-state index contributed by atoms with van der Waals surface area (Å²) in [6.45, 7) is 2.07. The SMILES string of the molecule is O=Cc1cccn2c(C3CCCNC3)ncc12. The Bertz CT molecular complexity index is 541. The average molecular weight is 229 g/mol. The second kappa shape index (κ2) is 4.30. The number of fused-ring (bicyclic) bond motifs is 1. The Morgan fingerprint density at radius 1 is 1.53 bits per heavy atom. The van der Waals surface area contributed by atoms with E-state index in [1.807, 2.05) is 22.7 Å². The number of nitrogens with zero attached hydrogens (tertiary/aromatic N) is 2. The highest BCUT2D eigenvalue weighted by Crippen LogP contribution is 2.23. The van der Waals surface area contributed by atoms with Gasteiger partial charge in [0.25, 0.3) is 0 Å². The molecule has 0 amide bonds. The lowest BCUT2D eigenvalue weighted by Crippen LogP contribution is -2.29. The number of carbonyl (C=O) groups is 1. The van der Waals surface area contributed by atoms with E-state index in [-0.39, 0.29) is 0 Å². The Morgan fingerprint density at radius 3 is 3.24 bits per heavy atom. The van der Waals surface area contributed by atoms with E-state index in [1.54, 1.807) is 6.20 Å². The summed E-state index contributed by atoms with van der Waals surface area (Å²) in [5.41, 5.74) is 1.61. The van der Waals surface area contributed by atoms with Crippen molar-refractivity contribution in [1.82, 2.24) is 14.7 Å². The van der Waals surface area contributed by atoms with Crippen LogP contribution >= 0.6 is 0 Å². The molecule has 2 aromatic heterocycles. The van der Waals surface area contributed by atoms with Gasteiger partial charge in [0, 0.05) is 24.2 Å². The lowest BCUT2D eigenvalue weighted by molar-refractivity contribution is 0.112. The van der Waals surface area contributed by atoms with Crippen LogP contribution in [-0.2, 0) is 0 Å². The Morgan fingerprint density at radius 2 is 2.47 bits per heavy atom. The zero-order valence-corrected chi connectivity index (χ0v) is 9.60. The van der Waals surface area contributed by atoms with Crippen molar-refractivity contribution in [3.63, 3.8) is 0 Å². The minimum absolute atomic E-state index is 0.452. The van der Waals surface area contributed by atoms with Crippen LogP contribution in [0.5, 0.6) is 0 Å². The first-order valence-electron chi connectivity index (χ1n) is 6.02. The normalized spacial score (nSPS) is 20.6. The predicted octanol–water partition coefficient (Wildman–Crippen LogP) is 1.61. The van der Waals surface area contributed by atoms with Gasteiger partial charge >= 0.3 is 0 Å². The van der Waals surface area contributed by atoms with Crippen molar-refractivity contribution in [3.05, 3.63) is 35.9 Å². The maximum Gasteiger partial charge on any atom is 0.152 e. The quantitative estimate of drug-likeness (QED) is 0.796. The number of hydrogen-bond donors (Lipinski definition) is 1. The Balaban J connectivity index is 2.08. The summed E-state index contributed by atoms with van der Waals surface area (Å²) < 4.78 is 2.04. The van der Waals surface area contributed by atoms with E-state index >= 15 is 0 Å². The lowest BCUT2D eigenvalue weighted by atomic mass is 9.99. The second-order valence-corrected chi connectivity index (χ2v) is 4.50. The van der Waals surface area contributed by atoms with Crippen molar-refractivity contribution in [2.45, 2.75) is 18.8 Å². The highest BCUT2D eigenvalue weighted by Gasteiger charge is 2.19. The Kier molecular flexibility index (Phi) is 2.65. The summed E-state index contributed by atoms with van der Waals surface area (Å²) in [6, 6.07) is 3.73. The van der Waals surface area contributed by atoms with E-state index in [9.17, 15) is 4.79 Å². The van der Waals surface area contributed by atoms with Crippen LogP contribution in [0.4, 0.5) is 0 Å². The molecule has 0 aromatic carbocycles. The third-order valence-corrected chi connectivity index (χ3v) is 3.42. The molecule has 1 aliphatic rings. The molecule has 88 valence electrons. The number of nitrogens with one attached hydrogen (secondary N) is 1. The van der Waals surface area contributed by atoms with Crippen LogP contribution < -0.4 is 5.32 Å². The van der Waals surface area contributed by atoms with Crippen LogP contribution in [0.3, 0.4) is 0 Å². The first-order valence-corrected chi connectivity index (χ1v) is 6.02. The van der Waals surface area contributed by atoms with Crippen molar-refractivity contribution in [2.75, 3.05) is 13.1 Å². The smallest absolute Gasteiger partial charge is 0.152 e. The molecule has 0 saturated carbocycles. The number of imidazole rings is 1. The first-order chi connectivity index (χ1) is 8.40. The van der Waals surface area contributed by atoms with Crippen molar-refractivity contribution < 1.29 is 4.79 Å². The second-order valence-electron chi connectivity index (χ2n) is 4.50. The highest BCUT2D eigenvalue weighted by atomic mass is 16.1. The molecule has 3 rings (SSSR count). The maximum atomic E-state index is 11.0. The summed E-state index contributed by atoms with van der Waals surface area (Å²) in [6.07, 6.45) is 7.03. The highest BCUT2D eigenvalue weighted by molar-refractivity contribution is 5.85. The molecular weight excluding hydrogens is 214 g/mol. The fourth-order valence-electron chi connectivity index (χ4n) is 2.54. The van der Waals surface area contributed by atoms with Crippen LogP contribution in [0.1, 0.15) is 34.9 Å². The van der Waals surface area contributed by atoms with Crippen LogP contribution in [-0.4, -0.2) is 28.8 Å². The van der Waals surface area contributed by atoms with Gasteiger partial charge in [-0.05, 0) is 31.5 Å². The van der Waals surface area contributed by atoms with Gasteiger partial charge in [0.2, 0.25) is 0 Å². The third kappa shape index (κ3) is 1.74. The van der Waals surface area contributed by atoms with E-state index in [1.165, 1.54) is 6.42 Å². The number of carbonyl (C=O) groups excluding carboxylic acids is 1.